The second-order valence-electron chi connectivity index (χ2n) is 7.36. The molecule has 31 heavy (non-hydrogen) atoms. The van der Waals surface area contributed by atoms with Crippen LogP contribution in [0.2, 0.25) is 0 Å². The smallest absolute Gasteiger partial charge is 0.412 e. The van der Waals surface area contributed by atoms with Crippen LogP contribution in [-0.2, 0) is 11.3 Å². The standard InChI is InChI=1S/C19H19N7O4S/c1-10-15-21-22-16(17-20-11(2)23-31-17)25(15)8-7-24(10)18(27)14-9-26(19(28)29)12-5-3-4-6-13(12)30-14/h3-6,10,14H,7-9H2,1-2H3,(H,28,29)/t10-,14?/m1/s1. The summed E-state index contributed by atoms with van der Waals surface area (Å²) in [4.78, 5) is 32.3. The highest BCUT2D eigenvalue weighted by Gasteiger charge is 2.40. The van der Waals surface area contributed by atoms with E-state index in [0.29, 0.717) is 47.0 Å². The van der Waals surface area contributed by atoms with Gasteiger partial charge in [0.2, 0.25) is 0 Å². The fraction of sp³-hybridized carbons (Fsp3) is 0.368. The minimum absolute atomic E-state index is 0.0730. The molecule has 12 heteroatoms. The molecule has 1 N–H and O–H groups in total. The van der Waals surface area contributed by atoms with Crippen LogP contribution in [0.1, 0.15) is 24.6 Å². The average Bonchev–Trinajstić information content (AvgIpc) is 3.39. The highest BCUT2D eigenvalue weighted by Crippen LogP contribution is 2.35. The number of carbonyl (C=O) groups excluding carboxylic acids is 1. The van der Waals surface area contributed by atoms with Gasteiger partial charge in [-0.05, 0) is 37.5 Å². The van der Waals surface area contributed by atoms with Gasteiger partial charge in [-0.1, -0.05) is 12.1 Å². The first-order valence-corrected chi connectivity index (χ1v) is 10.5. The van der Waals surface area contributed by atoms with Crippen molar-refractivity contribution in [2.75, 3.05) is 18.0 Å². The third kappa shape index (κ3) is 3.19. The molecule has 1 aromatic carbocycles. The molecule has 0 fully saturated rings. The Bertz CT molecular complexity index is 1180. The Morgan fingerprint density at radius 1 is 1.23 bits per heavy atom. The van der Waals surface area contributed by atoms with E-state index in [0.717, 1.165) is 4.90 Å². The lowest BCUT2D eigenvalue weighted by Crippen LogP contribution is -2.53. The fourth-order valence-corrected chi connectivity index (χ4v) is 4.63. The van der Waals surface area contributed by atoms with Crippen molar-refractivity contribution in [2.45, 2.75) is 32.5 Å². The number of rotatable bonds is 2. The van der Waals surface area contributed by atoms with E-state index >= 15 is 0 Å². The van der Waals surface area contributed by atoms with Gasteiger partial charge >= 0.3 is 6.09 Å². The van der Waals surface area contributed by atoms with E-state index in [9.17, 15) is 14.7 Å². The molecule has 160 valence electrons. The van der Waals surface area contributed by atoms with E-state index in [1.165, 1.54) is 11.5 Å². The lowest BCUT2D eigenvalue weighted by Gasteiger charge is -2.38. The van der Waals surface area contributed by atoms with Crippen molar-refractivity contribution in [1.82, 2.24) is 29.0 Å². The summed E-state index contributed by atoms with van der Waals surface area (Å²) in [6.45, 7) is 4.54. The minimum atomic E-state index is -1.13. The molecule has 5 rings (SSSR count). The van der Waals surface area contributed by atoms with Crippen LogP contribution in [0.15, 0.2) is 24.3 Å². The lowest BCUT2D eigenvalue weighted by molar-refractivity contribution is -0.142. The largest absolute Gasteiger partial charge is 0.476 e. The number of carboxylic acid groups (broad SMARTS) is 1. The Balaban J connectivity index is 1.40. The number of benzene rings is 1. The normalized spacial score (nSPS) is 20.1. The maximum Gasteiger partial charge on any atom is 0.412 e. The highest BCUT2D eigenvalue weighted by molar-refractivity contribution is 7.09. The highest BCUT2D eigenvalue weighted by atomic mass is 32.1. The number of ether oxygens (including phenoxy) is 1. The first-order chi connectivity index (χ1) is 14.9. The molecule has 2 atom stereocenters. The summed E-state index contributed by atoms with van der Waals surface area (Å²) in [6.07, 6.45) is -2.06. The Morgan fingerprint density at radius 3 is 2.77 bits per heavy atom. The van der Waals surface area contributed by atoms with Crippen molar-refractivity contribution >= 4 is 29.2 Å². The summed E-state index contributed by atoms with van der Waals surface area (Å²) in [7, 11) is 0. The number of aromatic nitrogens is 5. The lowest BCUT2D eigenvalue weighted by atomic mass is 10.1. The van der Waals surface area contributed by atoms with Crippen molar-refractivity contribution in [3.8, 4) is 16.6 Å². The number of anilines is 1. The van der Waals surface area contributed by atoms with Crippen LogP contribution < -0.4 is 9.64 Å². The fourth-order valence-electron chi connectivity index (χ4n) is 3.96. The minimum Gasteiger partial charge on any atom is -0.476 e. The molecule has 4 heterocycles. The SMILES string of the molecule is Cc1nsc(-c2nnc3n2CCN(C(=O)C2CN(C(=O)O)c4ccccc4O2)[C@@H]3C)n1. The van der Waals surface area contributed by atoms with Gasteiger partial charge in [-0.25, -0.2) is 9.78 Å². The zero-order chi connectivity index (χ0) is 21.7. The maximum atomic E-state index is 13.3. The van der Waals surface area contributed by atoms with Gasteiger partial charge in [-0.3, -0.25) is 9.69 Å². The van der Waals surface area contributed by atoms with E-state index in [4.69, 9.17) is 4.74 Å². The van der Waals surface area contributed by atoms with Crippen LogP contribution in [-0.4, -0.2) is 65.3 Å². The van der Waals surface area contributed by atoms with E-state index in [2.05, 4.69) is 19.6 Å². The molecular formula is C19H19N7O4S. The molecular weight excluding hydrogens is 422 g/mol. The monoisotopic (exact) mass is 441 g/mol. The van der Waals surface area contributed by atoms with E-state index < -0.39 is 12.2 Å². The van der Waals surface area contributed by atoms with Crippen molar-refractivity contribution in [3.63, 3.8) is 0 Å². The topological polar surface area (TPSA) is 127 Å². The number of nitrogens with zero attached hydrogens (tertiary/aromatic N) is 7. The number of amides is 2. The zero-order valence-electron chi connectivity index (χ0n) is 16.8. The van der Waals surface area contributed by atoms with Gasteiger partial charge in [0.1, 0.15) is 11.6 Å². The van der Waals surface area contributed by atoms with Gasteiger partial charge in [0.05, 0.1) is 18.3 Å². The molecule has 0 aliphatic carbocycles. The number of hydrogen-bond donors (Lipinski definition) is 1. The third-order valence-electron chi connectivity index (χ3n) is 5.47. The van der Waals surface area contributed by atoms with Crippen LogP contribution in [0.4, 0.5) is 10.5 Å². The second-order valence-corrected chi connectivity index (χ2v) is 8.11. The molecule has 2 aliphatic heterocycles. The van der Waals surface area contributed by atoms with Crippen molar-refractivity contribution in [1.29, 1.82) is 0 Å². The molecule has 0 saturated heterocycles. The quantitative estimate of drug-likeness (QED) is 0.639. The second kappa shape index (κ2) is 7.30. The molecule has 2 amide bonds. The average molecular weight is 441 g/mol. The first-order valence-electron chi connectivity index (χ1n) is 9.74. The summed E-state index contributed by atoms with van der Waals surface area (Å²) in [5.74, 6) is 2.05. The third-order valence-corrected chi connectivity index (χ3v) is 6.27. The van der Waals surface area contributed by atoms with Crippen LogP contribution in [0.5, 0.6) is 5.75 Å². The molecule has 0 radical (unpaired) electrons. The predicted octanol–water partition coefficient (Wildman–Crippen LogP) is 1.95. The zero-order valence-corrected chi connectivity index (χ0v) is 17.6. The Kier molecular flexibility index (Phi) is 4.58. The van der Waals surface area contributed by atoms with Crippen molar-refractivity contribution in [2.24, 2.45) is 0 Å². The van der Waals surface area contributed by atoms with Crippen molar-refractivity contribution in [3.05, 3.63) is 35.9 Å². The van der Waals surface area contributed by atoms with E-state index in [1.54, 1.807) is 29.2 Å². The van der Waals surface area contributed by atoms with Gasteiger partial charge in [0.15, 0.2) is 22.8 Å². The Labute approximate surface area is 181 Å². The van der Waals surface area contributed by atoms with Crippen LogP contribution in [0.25, 0.3) is 10.8 Å². The van der Waals surface area contributed by atoms with Crippen LogP contribution in [0, 0.1) is 6.92 Å². The molecule has 0 saturated carbocycles. The number of fused-ring (bicyclic) bond motifs is 2. The summed E-state index contributed by atoms with van der Waals surface area (Å²) in [6, 6.07) is 6.45. The number of para-hydroxylation sites is 2. The molecule has 0 spiro atoms. The number of aryl methyl sites for hydroxylation is 1. The molecule has 2 aromatic heterocycles. The van der Waals surface area contributed by atoms with Gasteiger partial charge in [0, 0.05) is 13.1 Å². The van der Waals surface area contributed by atoms with Crippen LogP contribution >= 0.6 is 11.5 Å². The summed E-state index contributed by atoms with van der Waals surface area (Å²) >= 11 is 1.26. The number of carbonyl (C=O) groups is 2. The Morgan fingerprint density at radius 2 is 2.03 bits per heavy atom. The Hall–Kier alpha value is -3.54. The van der Waals surface area contributed by atoms with Gasteiger partial charge < -0.3 is 19.3 Å². The maximum absolute atomic E-state index is 13.3. The summed E-state index contributed by atoms with van der Waals surface area (Å²) < 4.78 is 12.0. The molecule has 2 aliphatic rings. The van der Waals surface area contributed by atoms with Gasteiger partial charge in [0.25, 0.3) is 5.91 Å². The molecule has 11 nitrogen and oxygen atoms in total. The van der Waals surface area contributed by atoms with Gasteiger partial charge in [-0.2, -0.15) is 4.37 Å². The first kappa shape index (κ1) is 19.4. The molecule has 1 unspecified atom stereocenters. The molecule has 3 aromatic rings. The summed E-state index contributed by atoms with van der Waals surface area (Å²) in [5, 5.41) is 18.9. The van der Waals surface area contributed by atoms with Gasteiger partial charge in [-0.15, -0.1) is 10.2 Å². The number of hydrogen-bond acceptors (Lipinski definition) is 8. The van der Waals surface area contributed by atoms with Crippen LogP contribution in [0.3, 0.4) is 0 Å². The molecule has 0 bridgehead atoms. The van der Waals surface area contributed by atoms with Crippen molar-refractivity contribution < 1.29 is 19.4 Å². The van der Waals surface area contributed by atoms with E-state index in [1.807, 2.05) is 18.4 Å². The van der Waals surface area contributed by atoms with E-state index in [-0.39, 0.29) is 18.5 Å². The summed E-state index contributed by atoms with van der Waals surface area (Å²) in [5.41, 5.74) is 0.433. The predicted molar refractivity (Wildman–Crippen MR) is 110 cm³/mol.